The summed E-state index contributed by atoms with van der Waals surface area (Å²) in [6.45, 7) is 0. The van der Waals surface area contributed by atoms with Gasteiger partial charge in [0, 0.05) is 20.6 Å². The Hall–Kier alpha value is -1.39. The molecule has 0 atom stereocenters. The van der Waals surface area contributed by atoms with E-state index in [2.05, 4.69) is 4.74 Å². The van der Waals surface area contributed by atoms with Crippen LogP contribution in [0.1, 0.15) is 15.9 Å². The quantitative estimate of drug-likeness (QED) is 0.563. The van der Waals surface area contributed by atoms with Gasteiger partial charge in [0.1, 0.15) is 0 Å². The van der Waals surface area contributed by atoms with E-state index in [4.69, 9.17) is 9.47 Å². The molecule has 0 bridgehead atoms. The van der Waals surface area contributed by atoms with Gasteiger partial charge in [0.2, 0.25) is 0 Å². The molecule has 0 aromatic heterocycles. The Bertz CT molecular complexity index is 345. The van der Waals surface area contributed by atoms with Crippen LogP contribution < -0.4 is 0 Å². The van der Waals surface area contributed by atoms with Gasteiger partial charge in [0.15, 0.2) is 6.29 Å². The van der Waals surface area contributed by atoms with Crippen molar-refractivity contribution in [2.24, 2.45) is 0 Å². The van der Waals surface area contributed by atoms with Crippen molar-refractivity contribution >= 4 is 5.97 Å². The van der Waals surface area contributed by atoms with Crippen molar-refractivity contribution in [1.29, 1.82) is 0 Å². The summed E-state index contributed by atoms with van der Waals surface area (Å²) >= 11 is 0. The van der Waals surface area contributed by atoms with E-state index in [-0.39, 0.29) is 12.3 Å². The standard InChI is InChI=1S/C12H16O4/c1-14-11(15-2)8-9-5-4-6-10(7-9)12(13)16-3/h4-7,11H,8H2,1-3H3. The monoisotopic (exact) mass is 224 g/mol. The van der Waals surface area contributed by atoms with Crippen molar-refractivity contribution < 1.29 is 19.0 Å². The number of methoxy groups -OCH3 is 3. The fraction of sp³-hybridized carbons (Fsp3) is 0.417. The van der Waals surface area contributed by atoms with Gasteiger partial charge in [0.25, 0.3) is 0 Å². The van der Waals surface area contributed by atoms with Gasteiger partial charge in [-0.3, -0.25) is 0 Å². The van der Waals surface area contributed by atoms with Crippen LogP contribution in [0.5, 0.6) is 0 Å². The third-order valence-corrected chi connectivity index (χ3v) is 2.28. The van der Waals surface area contributed by atoms with Crippen molar-refractivity contribution in [3.05, 3.63) is 35.4 Å². The normalized spacial score (nSPS) is 10.5. The van der Waals surface area contributed by atoms with Gasteiger partial charge in [-0.25, -0.2) is 4.79 Å². The first-order valence-corrected chi connectivity index (χ1v) is 4.94. The molecule has 0 aliphatic rings. The van der Waals surface area contributed by atoms with Crippen molar-refractivity contribution in [2.75, 3.05) is 21.3 Å². The van der Waals surface area contributed by atoms with Crippen LogP contribution >= 0.6 is 0 Å². The number of benzene rings is 1. The number of hydrogen-bond donors (Lipinski definition) is 0. The number of carbonyl (C=O) groups is 1. The van der Waals surface area contributed by atoms with Crippen LogP contribution in [0.15, 0.2) is 24.3 Å². The molecule has 0 N–H and O–H groups in total. The second-order valence-electron chi connectivity index (χ2n) is 3.30. The van der Waals surface area contributed by atoms with Crippen molar-refractivity contribution in [1.82, 2.24) is 0 Å². The van der Waals surface area contributed by atoms with Crippen LogP contribution in [-0.4, -0.2) is 33.6 Å². The molecule has 0 spiro atoms. The zero-order valence-electron chi connectivity index (χ0n) is 9.73. The molecule has 0 heterocycles. The molecule has 4 heteroatoms. The van der Waals surface area contributed by atoms with E-state index in [0.29, 0.717) is 12.0 Å². The maximum Gasteiger partial charge on any atom is 0.337 e. The topological polar surface area (TPSA) is 44.8 Å². The van der Waals surface area contributed by atoms with E-state index in [1.807, 2.05) is 12.1 Å². The molecule has 88 valence electrons. The molecule has 0 amide bonds. The number of rotatable bonds is 5. The molecule has 0 saturated carbocycles. The third kappa shape index (κ3) is 3.32. The Morgan fingerprint density at radius 2 is 1.94 bits per heavy atom. The number of esters is 1. The van der Waals surface area contributed by atoms with Gasteiger partial charge in [-0.1, -0.05) is 12.1 Å². The lowest BCUT2D eigenvalue weighted by Crippen LogP contribution is -2.16. The van der Waals surface area contributed by atoms with Gasteiger partial charge in [-0.05, 0) is 17.7 Å². The van der Waals surface area contributed by atoms with Crippen LogP contribution in [-0.2, 0) is 20.6 Å². The minimum atomic E-state index is -0.340. The summed E-state index contributed by atoms with van der Waals surface area (Å²) in [5.41, 5.74) is 1.50. The Balaban J connectivity index is 2.78. The van der Waals surface area contributed by atoms with Crippen LogP contribution in [0.25, 0.3) is 0 Å². The zero-order chi connectivity index (χ0) is 12.0. The largest absolute Gasteiger partial charge is 0.465 e. The van der Waals surface area contributed by atoms with Gasteiger partial charge < -0.3 is 14.2 Å². The molecule has 0 saturated heterocycles. The fourth-order valence-electron chi connectivity index (χ4n) is 1.40. The van der Waals surface area contributed by atoms with E-state index in [1.165, 1.54) is 7.11 Å². The lowest BCUT2D eigenvalue weighted by molar-refractivity contribution is -0.100. The number of ether oxygens (including phenoxy) is 3. The summed E-state index contributed by atoms with van der Waals surface area (Å²) in [5, 5.41) is 0. The van der Waals surface area contributed by atoms with Crippen LogP contribution in [0.4, 0.5) is 0 Å². The van der Waals surface area contributed by atoms with Crippen LogP contribution in [0.3, 0.4) is 0 Å². The molecule has 1 aromatic rings. The van der Waals surface area contributed by atoms with Gasteiger partial charge >= 0.3 is 5.97 Å². The summed E-state index contributed by atoms with van der Waals surface area (Å²) in [6, 6.07) is 7.21. The Morgan fingerprint density at radius 1 is 1.25 bits per heavy atom. The predicted octanol–water partition coefficient (Wildman–Crippen LogP) is 1.63. The van der Waals surface area contributed by atoms with Crippen molar-refractivity contribution in [3.8, 4) is 0 Å². The summed E-state index contributed by atoms with van der Waals surface area (Å²) in [6.07, 6.45) is 0.297. The average molecular weight is 224 g/mol. The SMILES string of the molecule is COC(=O)c1cccc(CC(OC)OC)c1. The summed E-state index contributed by atoms with van der Waals surface area (Å²) in [4.78, 5) is 11.3. The molecule has 0 aliphatic heterocycles. The molecule has 0 aliphatic carbocycles. The molecule has 4 nitrogen and oxygen atoms in total. The Morgan fingerprint density at radius 3 is 2.50 bits per heavy atom. The maximum atomic E-state index is 11.3. The first-order valence-electron chi connectivity index (χ1n) is 4.94. The van der Waals surface area contributed by atoms with Gasteiger partial charge in [0.05, 0.1) is 12.7 Å². The summed E-state index contributed by atoms with van der Waals surface area (Å²) in [5.74, 6) is -0.340. The maximum absolute atomic E-state index is 11.3. The van der Waals surface area contributed by atoms with Crippen molar-refractivity contribution in [2.45, 2.75) is 12.7 Å². The number of carbonyl (C=O) groups excluding carboxylic acids is 1. The molecule has 1 aromatic carbocycles. The molecular formula is C12H16O4. The van der Waals surface area contributed by atoms with E-state index in [9.17, 15) is 4.79 Å². The highest BCUT2D eigenvalue weighted by molar-refractivity contribution is 5.89. The molecule has 0 unspecified atom stereocenters. The van der Waals surface area contributed by atoms with E-state index < -0.39 is 0 Å². The second-order valence-corrected chi connectivity index (χ2v) is 3.30. The van der Waals surface area contributed by atoms with Crippen molar-refractivity contribution in [3.63, 3.8) is 0 Å². The Labute approximate surface area is 95.1 Å². The molecule has 0 fully saturated rings. The van der Waals surface area contributed by atoms with E-state index in [1.54, 1.807) is 26.4 Å². The highest BCUT2D eigenvalue weighted by Gasteiger charge is 2.09. The zero-order valence-corrected chi connectivity index (χ0v) is 9.73. The lowest BCUT2D eigenvalue weighted by atomic mass is 10.1. The molecule has 1 rings (SSSR count). The first-order chi connectivity index (χ1) is 7.71. The smallest absolute Gasteiger partial charge is 0.337 e. The third-order valence-electron chi connectivity index (χ3n) is 2.28. The van der Waals surface area contributed by atoms with E-state index >= 15 is 0 Å². The second kappa shape index (κ2) is 6.25. The highest BCUT2D eigenvalue weighted by Crippen LogP contribution is 2.10. The summed E-state index contributed by atoms with van der Waals surface area (Å²) in [7, 11) is 4.53. The minimum Gasteiger partial charge on any atom is -0.465 e. The fourth-order valence-corrected chi connectivity index (χ4v) is 1.40. The van der Waals surface area contributed by atoms with E-state index in [0.717, 1.165) is 5.56 Å². The molecular weight excluding hydrogens is 208 g/mol. The number of hydrogen-bond acceptors (Lipinski definition) is 4. The van der Waals surface area contributed by atoms with Gasteiger partial charge in [-0.2, -0.15) is 0 Å². The van der Waals surface area contributed by atoms with Crippen LogP contribution in [0.2, 0.25) is 0 Å². The molecule has 0 radical (unpaired) electrons. The average Bonchev–Trinajstić information content (AvgIpc) is 2.35. The first kappa shape index (κ1) is 12.7. The molecule has 16 heavy (non-hydrogen) atoms. The highest BCUT2D eigenvalue weighted by atomic mass is 16.7. The lowest BCUT2D eigenvalue weighted by Gasteiger charge is -2.13. The summed E-state index contributed by atoms with van der Waals surface area (Å²) < 4.78 is 14.8. The van der Waals surface area contributed by atoms with Gasteiger partial charge in [-0.15, -0.1) is 0 Å². The Kier molecular flexibility index (Phi) is 4.95. The van der Waals surface area contributed by atoms with Crippen LogP contribution in [0, 0.1) is 0 Å². The predicted molar refractivity (Wildman–Crippen MR) is 59.3 cm³/mol. The minimum absolute atomic E-state index is 0.298.